The van der Waals surface area contributed by atoms with Gasteiger partial charge in [-0.2, -0.15) is 0 Å². The first-order valence-corrected chi connectivity index (χ1v) is 6.94. The van der Waals surface area contributed by atoms with Gasteiger partial charge in [-0.05, 0) is 51.7 Å². The van der Waals surface area contributed by atoms with Crippen molar-refractivity contribution in [3.63, 3.8) is 0 Å². The highest BCUT2D eigenvalue weighted by molar-refractivity contribution is 5.51. The van der Waals surface area contributed by atoms with Crippen LogP contribution in [-0.4, -0.2) is 56.6 Å². The Morgan fingerprint density at radius 2 is 2.06 bits per heavy atom. The second-order valence-electron chi connectivity index (χ2n) is 5.33. The first kappa shape index (κ1) is 13.4. The van der Waals surface area contributed by atoms with Crippen molar-refractivity contribution >= 4 is 5.69 Å². The van der Waals surface area contributed by atoms with Crippen LogP contribution in [-0.2, 0) is 6.42 Å². The molecule has 1 N–H and O–H groups in total. The molecular weight excluding hydrogens is 222 g/mol. The van der Waals surface area contributed by atoms with Crippen LogP contribution < -0.4 is 5.32 Å². The summed E-state index contributed by atoms with van der Waals surface area (Å²) in [4.78, 5) is 4.84. The summed E-state index contributed by atoms with van der Waals surface area (Å²) in [5.74, 6) is 0. The van der Waals surface area contributed by atoms with E-state index >= 15 is 0 Å². The highest BCUT2D eigenvalue weighted by atomic mass is 15.1. The fourth-order valence-electron chi connectivity index (χ4n) is 2.48. The molecule has 0 spiro atoms. The standard InChI is InChI=1S/C15H25N3/c1-17(2)10-5-11-18-12-8-14-6-3-4-7-15(14)16-9-13-18/h3-4,6-7,16H,5,8-13H2,1-2H3. The van der Waals surface area contributed by atoms with Gasteiger partial charge in [0.25, 0.3) is 0 Å². The largest absolute Gasteiger partial charge is 0.384 e. The average molecular weight is 247 g/mol. The minimum Gasteiger partial charge on any atom is -0.384 e. The Hall–Kier alpha value is -1.06. The highest BCUT2D eigenvalue weighted by Gasteiger charge is 2.10. The number of benzene rings is 1. The van der Waals surface area contributed by atoms with Crippen LogP contribution in [0.4, 0.5) is 5.69 Å². The molecule has 18 heavy (non-hydrogen) atoms. The molecule has 1 aliphatic heterocycles. The van der Waals surface area contributed by atoms with Crippen molar-refractivity contribution < 1.29 is 0 Å². The van der Waals surface area contributed by atoms with E-state index in [2.05, 4.69) is 53.5 Å². The van der Waals surface area contributed by atoms with E-state index in [1.54, 1.807) is 0 Å². The predicted molar refractivity (Wildman–Crippen MR) is 78.2 cm³/mol. The fourth-order valence-corrected chi connectivity index (χ4v) is 2.48. The van der Waals surface area contributed by atoms with Crippen molar-refractivity contribution in [2.24, 2.45) is 0 Å². The molecule has 0 saturated heterocycles. The summed E-state index contributed by atoms with van der Waals surface area (Å²) in [6, 6.07) is 8.68. The van der Waals surface area contributed by atoms with Crippen molar-refractivity contribution in [2.45, 2.75) is 12.8 Å². The topological polar surface area (TPSA) is 18.5 Å². The summed E-state index contributed by atoms with van der Waals surface area (Å²) in [6.45, 7) is 5.79. The van der Waals surface area contributed by atoms with Crippen LogP contribution in [0.1, 0.15) is 12.0 Å². The lowest BCUT2D eigenvalue weighted by Crippen LogP contribution is -2.35. The number of hydrogen-bond donors (Lipinski definition) is 1. The Balaban J connectivity index is 1.84. The van der Waals surface area contributed by atoms with E-state index in [0.29, 0.717) is 0 Å². The number of hydrogen-bond acceptors (Lipinski definition) is 3. The van der Waals surface area contributed by atoms with Crippen LogP contribution in [0.15, 0.2) is 24.3 Å². The molecule has 0 aliphatic carbocycles. The predicted octanol–water partition coefficient (Wildman–Crippen LogP) is 1.91. The van der Waals surface area contributed by atoms with Crippen LogP contribution >= 0.6 is 0 Å². The smallest absolute Gasteiger partial charge is 0.0373 e. The first-order valence-electron chi connectivity index (χ1n) is 6.94. The zero-order valence-corrected chi connectivity index (χ0v) is 11.7. The summed E-state index contributed by atoms with van der Waals surface area (Å²) in [5.41, 5.74) is 2.78. The minimum atomic E-state index is 1.05. The molecule has 2 rings (SSSR count). The maximum Gasteiger partial charge on any atom is 0.0373 e. The van der Waals surface area contributed by atoms with Crippen molar-refractivity contribution in [2.75, 3.05) is 52.1 Å². The van der Waals surface area contributed by atoms with Gasteiger partial charge in [-0.1, -0.05) is 18.2 Å². The molecule has 100 valence electrons. The lowest BCUT2D eigenvalue weighted by molar-refractivity contribution is 0.264. The van der Waals surface area contributed by atoms with Crippen molar-refractivity contribution in [3.8, 4) is 0 Å². The lowest BCUT2D eigenvalue weighted by atomic mass is 10.1. The van der Waals surface area contributed by atoms with Gasteiger partial charge in [-0.15, -0.1) is 0 Å². The minimum absolute atomic E-state index is 1.05. The van der Waals surface area contributed by atoms with Gasteiger partial charge in [0.15, 0.2) is 0 Å². The van der Waals surface area contributed by atoms with E-state index in [-0.39, 0.29) is 0 Å². The lowest BCUT2D eigenvalue weighted by Gasteiger charge is -2.27. The molecule has 0 unspecified atom stereocenters. The van der Waals surface area contributed by atoms with Crippen molar-refractivity contribution in [1.82, 2.24) is 9.80 Å². The summed E-state index contributed by atoms with van der Waals surface area (Å²) >= 11 is 0. The van der Waals surface area contributed by atoms with Crippen LogP contribution in [0.25, 0.3) is 0 Å². The molecule has 0 radical (unpaired) electrons. The number of fused-ring (bicyclic) bond motifs is 1. The molecule has 1 heterocycles. The van der Waals surface area contributed by atoms with E-state index in [0.717, 1.165) is 19.5 Å². The molecule has 1 aromatic rings. The second-order valence-corrected chi connectivity index (χ2v) is 5.33. The zero-order chi connectivity index (χ0) is 12.8. The monoisotopic (exact) mass is 247 g/mol. The SMILES string of the molecule is CN(C)CCCN1CCNc2ccccc2CC1. The van der Waals surface area contributed by atoms with Gasteiger partial charge in [-0.3, -0.25) is 0 Å². The van der Waals surface area contributed by atoms with E-state index in [9.17, 15) is 0 Å². The summed E-state index contributed by atoms with van der Waals surface area (Å²) in [6.07, 6.45) is 2.42. The maximum absolute atomic E-state index is 3.54. The van der Waals surface area contributed by atoms with Gasteiger partial charge >= 0.3 is 0 Å². The third-order valence-electron chi connectivity index (χ3n) is 3.54. The molecular formula is C15H25N3. The van der Waals surface area contributed by atoms with Crippen LogP contribution in [0, 0.1) is 0 Å². The van der Waals surface area contributed by atoms with Crippen LogP contribution in [0.5, 0.6) is 0 Å². The van der Waals surface area contributed by atoms with Crippen LogP contribution in [0.2, 0.25) is 0 Å². The average Bonchev–Trinajstić information content (AvgIpc) is 2.32. The molecule has 0 fully saturated rings. The van der Waals surface area contributed by atoms with E-state index in [1.165, 1.54) is 37.3 Å². The molecule has 0 saturated carbocycles. The Morgan fingerprint density at radius 1 is 1.22 bits per heavy atom. The maximum atomic E-state index is 3.54. The van der Waals surface area contributed by atoms with Gasteiger partial charge in [-0.25, -0.2) is 0 Å². The Bertz CT molecular complexity index is 363. The highest BCUT2D eigenvalue weighted by Crippen LogP contribution is 2.17. The molecule has 1 aromatic carbocycles. The first-order chi connectivity index (χ1) is 8.75. The Labute approximate surface area is 111 Å². The van der Waals surface area contributed by atoms with Gasteiger partial charge in [0, 0.05) is 25.3 Å². The van der Waals surface area contributed by atoms with Crippen molar-refractivity contribution in [3.05, 3.63) is 29.8 Å². The number of para-hydroxylation sites is 1. The normalized spacial score (nSPS) is 16.8. The second kappa shape index (κ2) is 6.76. The zero-order valence-electron chi connectivity index (χ0n) is 11.7. The molecule has 3 nitrogen and oxygen atoms in total. The summed E-state index contributed by atoms with van der Waals surface area (Å²) < 4.78 is 0. The number of rotatable bonds is 4. The number of anilines is 1. The van der Waals surface area contributed by atoms with Gasteiger partial charge in [0.1, 0.15) is 0 Å². The molecule has 0 amide bonds. The van der Waals surface area contributed by atoms with Gasteiger partial charge in [0.05, 0.1) is 0 Å². The number of nitrogens with one attached hydrogen (secondary N) is 1. The quantitative estimate of drug-likeness (QED) is 0.877. The Kier molecular flexibility index (Phi) is 5.02. The molecule has 0 atom stereocenters. The van der Waals surface area contributed by atoms with E-state index < -0.39 is 0 Å². The number of nitrogens with zero attached hydrogens (tertiary/aromatic N) is 2. The van der Waals surface area contributed by atoms with Crippen molar-refractivity contribution in [1.29, 1.82) is 0 Å². The van der Waals surface area contributed by atoms with Gasteiger partial charge < -0.3 is 15.1 Å². The fraction of sp³-hybridized carbons (Fsp3) is 0.600. The molecule has 0 bridgehead atoms. The van der Waals surface area contributed by atoms with Gasteiger partial charge in [0.2, 0.25) is 0 Å². The van der Waals surface area contributed by atoms with E-state index in [4.69, 9.17) is 0 Å². The molecule has 0 aromatic heterocycles. The molecule has 1 aliphatic rings. The van der Waals surface area contributed by atoms with E-state index in [1.807, 2.05) is 0 Å². The molecule has 3 heteroatoms. The third kappa shape index (κ3) is 4.00. The summed E-state index contributed by atoms with van der Waals surface area (Å²) in [5, 5.41) is 3.54. The van der Waals surface area contributed by atoms with Crippen LogP contribution in [0.3, 0.4) is 0 Å². The Morgan fingerprint density at radius 3 is 2.89 bits per heavy atom. The summed E-state index contributed by atoms with van der Waals surface area (Å²) in [7, 11) is 4.29. The third-order valence-corrected chi connectivity index (χ3v) is 3.54.